The third-order valence-corrected chi connectivity index (χ3v) is 5.91. The normalized spacial score (nSPS) is 12.2. The van der Waals surface area contributed by atoms with Crippen LogP contribution in [0.15, 0.2) is 71.9 Å². The van der Waals surface area contributed by atoms with Crippen LogP contribution in [0.25, 0.3) is 5.69 Å². The number of nitrogens with one attached hydrogen (secondary N) is 2. The van der Waals surface area contributed by atoms with E-state index in [4.69, 9.17) is 0 Å². The minimum Gasteiger partial charge on any atom is -0.309 e. The summed E-state index contributed by atoms with van der Waals surface area (Å²) in [6.07, 6.45) is 3.64. The van der Waals surface area contributed by atoms with E-state index < -0.39 is 15.6 Å². The van der Waals surface area contributed by atoms with Gasteiger partial charge in [0.15, 0.2) is 0 Å². The van der Waals surface area contributed by atoms with E-state index in [-0.39, 0.29) is 0 Å². The predicted molar refractivity (Wildman–Crippen MR) is 111 cm³/mol. The molecule has 0 atom stereocenters. The molecule has 2 aromatic carbocycles. The zero-order valence-electron chi connectivity index (χ0n) is 16.4. The molecule has 0 spiro atoms. The van der Waals surface area contributed by atoms with E-state index in [1.165, 1.54) is 0 Å². The number of benzene rings is 2. The first-order valence-electron chi connectivity index (χ1n) is 9.16. The fourth-order valence-electron chi connectivity index (χ4n) is 2.90. The van der Waals surface area contributed by atoms with E-state index in [1.54, 1.807) is 23.0 Å². The van der Waals surface area contributed by atoms with Crippen molar-refractivity contribution >= 4 is 10.0 Å². The lowest BCUT2D eigenvalue weighted by Gasteiger charge is -2.21. The van der Waals surface area contributed by atoms with Crippen molar-refractivity contribution in [1.29, 1.82) is 0 Å². The highest BCUT2D eigenvalue weighted by molar-refractivity contribution is 7.89. The summed E-state index contributed by atoms with van der Waals surface area (Å²) in [7, 11) is -3.57. The monoisotopic (exact) mass is 398 g/mol. The first-order chi connectivity index (χ1) is 13.2. The summed E-state index contributed by atoms with van der Waals surface area (Å²) in [5, 5.41) is 7.55. The van der Waals surface area contributed by atoms with Crippen LogP contribution in [0.4, 0.5) is 0 Å². The van der Waals surface area contributed by atoms with Crippen molar-refractivity contribution in [3.63, 3.8) is 0 Å². The average Bonchev–Trinajstić information content (AvgIpc) is 3.15. The van der Waals surface area contributed by atoms with Crippen molar-refractivity contribution in [3.8, 4) is 5.69 Å². The Balaban J connectivity index is 1.65. The van der Waals surface area contributed by atoms with Crippen molar-refractivity contribution < 1.29 is 8.42 Å². The second kappa shape index (κ2) is 8.26. The Hall–Kier alpha value is -2.48. The minimum absolute atomic E-state index is 0.312. The van der Waals surface area contributed by atoms with Crippen LogP contribution < -0.4 is 10.0 Å². The van der Waals surface area contributed by atoms with Crippen molar-refractivity contribution in [2.45, 2.75) is 44.3 Å². The number of hydrogen-bond donors (Lipinski definition) is 2. The van der Waals surface area contributed by atoms with Gasteiger partial charge in [0, 0.05) is 31.0 Å². The second-order valence-corrected chi connectivity index (χ2v) is 9.33. The average molecular weight is 399 g/mol. The SMILES string of the molecule is CC(C)(C)NS(=O)(=O)c1ccccc1CNCc1ccc(-n2cccn2)cc1. The molecular weight excluding hydrogens is 372 g/mol. The molecule has 3 aromatic rings. The van der Waals surface area contributed by atoms with Crippen LogP contribution in [0, 0.1) is 0 Å². The van der Waals surface area contributed by atoms with Crippen LogP contribution in [0.2, 0.25) is 0 Å². The number of sulfonamides is 1. The van der Waals surface area contributed by atoms with Gasteiger partial charge in [-0.15, -0.1) is 0 Å². The van der Waals surface area contributed by atoms with Gasteiger partial charge in [0.1, 0.15) is 0 Å². The van der Waals surface area contributed by atoms with Crippen molar-refractivity contribution in [2.24, 2.45) is 0 Å². The summed E-state index contributed by atoms with van der Waals surface area (Å²) in [4.78, 5) is 0.312. The molecule has 0 bridgehead atoms. The maximum atomic E-state index is 12.7. The number of nitrogens with zero attached hydrogens (tertiary/aromatic N) is 2. The molecule has 6 nitrogen and oxygen atoms in total. The molecule has 0 aliphatic heterocycles. The third kappa shape index (κ3) is 5.28. The fraction of sp³-hybridized carbons (Fsp3) is 0.286. The predicted octanol–water partition coefficient (Wildman–Crippen LogP) is 3.24. The summed E-state index contributed by atoms with van der Waals surface area (Å²) in [5.41, 5.74) is 2.32. The molecule has 28 heavy (non-hydrogen) atoms. The van der Waals surface area contributed by atoms with E-state index in [0.29, 0.717) is 18.0 Å². The molecule has 148 valence electrons. The summed E-state index contributed by atoms with van der Waals surface area (Å²) < 4.78 is 29.9. The van der Waals surface area contributed by atoms with Gasteiger partial charge in [0.2, 0.25) is 10.0 Å². The quantitative estimate of drug-likeness (QED) is 0.641. The van der Waals surface area contributed by atoms with Gasteiger partial charge in [-0.05, 0) is 56.2 Å². The lowest BCUT2D eigenvalue weighted by atomic mass is 10.1. The Kier molecular flexibility index (Phi) is 5.98. The summed E-state index contributed by atoms with van der Waals surface area (Å²) >= 11 is 0. The summed E-state index contributed by atoms with van der Waals surface area (Å²) in [6, 6.07) is 17.1. The smallest absolute Gasteiger partial charge is 0.241 e. The molecular formula is C21H26N4O2S. The maximum absolute atomic E-state index is 12.7. The Morgan fingerprint density at radius 1 is 0.964 bits per heavy atom. The highest BCUT2D eigenvalue weighted by Gasteiger charge is 2.23. The van der Waals surface area contributed by atoms with E-state index in [0.717, 1.165) is 16.8 Å². The molecule has 0 amide bonds. The van der Waals surface area contributed by atoms with Gasteiger partial charge in [-0.1, -0.05) is 30.3 Å². The zero-order valence-corrected chi connectivity index (χ0v) is 17.2. The zero-order chi connectivity index (χ0) is 20.2. The Morgan fingerprint density at radius 3 is 2.32 bits per heavy atom. The molecule has 0 aliphatic rings. The molecule has 0 saturated heterocycles. The van der Waals surface area contributed by atoms with E-state index in [1.807, 2.05) is 69.4 Å². The van der Waals surface area contributed by atoms with Gasteiger partial charge in [0.25, 0.3) is 0 Å². The van der Waals surface area contributed by atoms with Crippen LogP contribution in [0.3, 0.4) is 0 Å². The molecule has 7 heteroatoms. The molecule has 0 saturated carbocycles. The van der Waals surface area contributed by atoms with E-state index in [2.05, 4.69) is 15.1 Å². The molecule has 0 radical (unpaired) electrons. The van der Waals surface area contributed by atoms with Crippen LogP contribution in [0.5, 0.6) is 0 Å². The van der Waals surface area contributed by atoms with Gasteiger partial charge >= 0.3 is 0 Å². The standard InChI is InChI=1S/C21H26N4O2S/c1-21(2,3)24-28(26,27)20-8-5-4-7-18(20)16-22-15-17-9-11-19(12-10-17)25-14-6-13-23-25/h4-14,22,24H,15-16H2,1-3H3. The lowest BCUT2D eigenvalue weighted by Crippen LogP contribution is -2.40. The first kappa shape index (κ1) is 20.3. The minimum atomic E-state index is -3.57. The topological polar surface area (TPSA) is 76.0 Å². The van der Waals surface area contributed by atoms with E-state index in [9.17, 15) is 8.42 Å². The molecule has 1 aromatic heterocycles. The largest absolute Gasteiger partial charge is 0.309 e. The second-order valence-electron chi connectivity index (χ2n) is 7.68. The van der Waals surface area contributed by atoms with Crippen LogP contribution >= 0.6 is 0 Å². The first-order valence-corrected chi connectivity index (χ1v) is 10.6. The van der Waals surface area contributed by atoms with Crippen LogP contribution in [-0.2, 0) is 23.1 Å². The molecule has 3 rings (SSSR count). The van der Waals surface area contributed by atoms with Crippen molar-refractivity contribution in [1.82, 2.24) is 19.8 Å². The highest BCUT2D eigenvalue weighted by atomic mass is 32.2. The van der Waals surface area contributed by atoms with Crippen LogP contribution in [-0.4, -0.2) is 23.7 Å². The number of rotatable bonds is 7. The fourth-order valence-corrected chi connectivity index (χ4v) is 4.56. The molecule has 0 fully saturated rings. The summed E-state index contributed by atoms with van der Waals surface area (Å²) in [5.74, 6) is 0. The third-order valence-electron chi connectivity index (χ3n) is 4.05. The van der Waals surface area contributed by atoms with Crippen molar-refractivity contribution in [3.05, 3.63) is 78.1 Å². The maximum Gasteiger partial charge on any atom is 0.241 e. The Morgan fingerprint density at radius 2 is 1.68 bits per heavy atom. The molecule has 1 heterocycles. The number of hydrogen-bond acceptors (Lipinski definition) is 4. The highest BCUT2D eigenvalue weighted by Crippen LogP contribution is 2.18. The molecule has 0 unspecified atom stereocenters. The van der Waals surface area contributed by atoms with Gasteiger partial charge in [-0.3, -0.25) is 0 Å². The number of aromatic nitrogens is 2. The lowest BCUT2D eigenvalue weighted by molar-refractivity contribution is 0.490. The van der Waals surface area contributed by atoms with Crippen molar-refractivity contribution in [2.75, 3.05) is 0 Å². The molecule has 2 N–H and O–H groups in total. The Labute approximate surface area is 166 Å². The summed E-state index contributed by atoms with van der Waals surface area (Å²) in [6.45, 7) is 6.59. The van der Waals surface area contributed by atoms with Crippen LogP contribution in [0.1, 0.15) is 31.9 Å². The van der Waals surface area contributed by atoms with Gasteiger partial charge in [-0.25, -0.2) is 17.8 Å². The Bertz CT molecular complexity index is 1010. The van der Waals surface area contributed by atoms with Gasteiger partial charge < -0.3 is 5.32 Å². The van der Waals surface area contributed by atoms with Gasteiger partial charge in [-0.2, -0.15) is 5.10 Å². The van der Waals surface area contributed by atoms with E-state index >= 15 is 0 Å². The molecule has 0 aliphatic carbocycles. The van der Waals surface area contributed by atoms with Gasteiger partial charge in [0.05, 0.1) is 10.6 Å².